The summed E-state index contributed by atoms with van der Waals surface area (Å²) in [5, 5.41) is -0.130. The maximum absolute atomic E-state index is 14.5. The van der Waals surface area contributed by atoms with Crippen LogP contribution in [0.3, 0.4) is 0 Å². The monoisotopic (exact) mass is 727 g/mol. The van der Waals surface area contributed by atoms with Gasteiger partial charge in [-0.25, -0.2) is 9.69 Å². The normalized spacial score (nSPS) is 19.0. The van der Waals surface area contributed by atoms with Crippen LogP contribution in [0.5, 0.6) is 5.75 Å². The van der Waals surface area contributed by atoms with E-state index >= 15 is 0 Å². The van der Waals surface area contributed by atoms with Gasteiger partial charge in [0.15, 0.2) is 16.6 Å². The van der Waals surface area contributed by atoms with Crippen molar-refractivity contribution in [3.05, 3.63) is 65.7 Å². The van der Waals surface area contributed by atoms with E-state index in [1.54, 1.807) is 7.11 Å². The number of hydrogen-bond acceptors (Lipinski definition) is 7. The van der Waals surface area contributed by atoms with Crippen LogP contribution in [-0.2, 0) is 36.1 Å². The van der Waals surface area contributed by atoms with Gasteiger partial charge in [-0.15, -0.1) is 0 Å². The van der Waals surface area contributed by atoms with Gasteiger partial charge in [0.2, 0.25) is 5.91 Å². The van der Waals surface area contributed by atoms with Gasteiger partial charge in [0.05, 0.1) is 44.5 Å². The fourth-order valence-electron chi connectivity index (χ4n) is 5.93. The highest BCUT2D eigenvalue weighted by Gasteiger charge is 2.50. The zero-order valence-electron chi connectivity index (χ0n) is 33.3. The summed E-state index contributed by atoms with van der Waals surface area (Å²) < 4.78 is 31.6. The first-order valence-corrected chi connectivity index (χ1v) is 24.0. The maximum atomic E-state index is 14.5. The first-order chi connectivity index (χ1) is 23.1. The Bertz CT molecular complexity index is 1390. The van der Waals surface area contributed by atoms with Crippen LogP contribution in [0.1, 0.15) is 73.4 Å². The number of imide groups is 1. The molecule has 0 radical (unpaired) electrons. The molecule has 1 fully saturated rings. The van der Waals surface area contributed by atoms with E-state index in [1.807, 2.05) is 61.5 Å². The van der Waals surface area contributed by atoms with E-state index < -0.39 is 34.7 Å². The Morgan fingerprint density at radius 1 is 0.840 bits per heavy atom. The highest BCUT2D eigenvalue weighted by Crippen LogP contribution is 2.43. The average Bonchev–Trinajstić information content (AvgIpc) is 3.40. The van der Waals surface area contributed by atoms with Crippen LogP contribution < -0.4 is 4.74 Å². The van der Waals surface area contributed by atoms with Gasteiger partial charge in [-0.05, 0) is 65.9 Å². The molecule has 1 aliphatic heterocycles. The van der Waals surface area contributed by atoms with Crippen LogP contribution in [0.2, 0.25) is 36.3 Å². The van der Waals surface area contributed by atoms with Crippen LogP contribution in [0.25, 0.3) is 0 Å². The molecule has 1 aliphatic rings. The van der Waals surface area contributed by atoms with Gasteiger partial charge in [-0.2, -0.15) is 0 Å². The molecule has 10 heteroatoms. The molecule has 1 saturated heterocycles. The molecule has 8 nitrogen and oxygen atoms in total. The molecule has 1 heterocycles. The first kappa shape index (κ1) is 41.9. The minimum Gasteiger partial charge on any atom is -0.497 e. The molecule has 280 valence electrons. The van der Waals surface area contributed by atoms with E-state index in [9.17, 15) is 9.59 Å². The summed E-state index contributed by atoms with van der Waals surface area (Å²) in [5.41, 5.74) is 2.11. The number of amides is 2. The van der Waals surface area contributed by atoms with Gasteiger partial charge in [0.1, 0.15) is 12.4 Å². The van der Waals surface area contributed by atoms with Gasteiger partial charge in [0.25, 0.3) is 0 Å². The van der Waals surface area contributed by atoms with Crippen molar-refractivity contribution < 1.29 is 32.7 Å². The zero-order chi connectivity index (χ0) is 37.7. The molecule has 2 amide bonds. The Morgan fingerprint density at radius 3 is 1.90 bits per heavy atom. The number of cyclic esters (lactones) is 1. The molecule has 50 heavy (non-hydrogen) atoms. The summed E-state index contributed by atoms with van der Waals surface area (Å²) in [4.78, 5) is 29.1. The second-order valence-electron chi connectivity index (χ2n) is 17.3. The Hall–Kier alpha value is -2.51. The van der Waals surface area contributed by atoms with Crippen molar-refractivity contribution in [2.45, 2.75) is 130 Å². The van der Waals surface area contributed by atoms with Gasteiger partial charge in [-0.1, -0.05) is 105 Å². The lowest BCUT2D eigenvalue weighted by molar-refractivity contribution is -0.138. The molecule has 3 rings (SSSR count). The van der Waals surface area contributed by atoms with Gasteiger partial charge in [0, 0.05) is 11.8 Å². The zero-order valence-corrected chi connectivity index (χ0v) is 35.3. The smallest absolute Gasteiger partial charge is 0.416 e. The lowest BCUT2D eigenvalue weighted by Gasteiger charge is -2.48. The van der Waals surface area contributed by atoms with E-state index in [1.165, 1.54) is 4.90 Å². The summed E-state index contributed by atoms with van der Waals surface area (Å²) in [6, 6.07) is 17.5. The number of carbonyl (C=O) groups is 2. The second kappa shape index (κ2) is 16.9. The van der Waals surface area contributed by atoms with Gasteiger partial charge >= 0.3 is 6.09 Å². The number of carbonyl (C=O) groups excluding carboxylic acids is 2. The Morgan fingerprint density at radius 2 is 1.38 bits per heavy atom. The minimum absolute atomic E-state index is 0.00669. The van der Waals surface area contributed by atoms with Crippen molar-refractivity contribution in [2.75, 3.05) is 20.3 Å². The summed E-state index contributed by atoms with van der Waals surface area (Å²) in [7, 11) is -3.02. The molecule has 2 aromatic rings. The fraction of sp³-hybridized carbons (Fsp3) is 0.650. The van der Waals surface area contributed by atoms with Crippen LogP contribution in [0, 0.1) is 17.8 Å². The molecule has 2 aromatic carbocycles. The van der Waals surface area contributed by atoms with E-state index in [0.717, 1.165) is 16.9 Å². The van der Waals surface area contributed by atoms with E-state index in [4.69, 9.17) is 23.1 Å². The van der Waals surface area contributed by atoms with Gasteiger partial charge < -0.3 is 23.1 Å². The van der Waals surface area contributed by atoms with E-state index in [0.29, 0.717) is 19.6 Å². The van der Waals surface area contributed by atoms with Crippen molar-refractivity contribution in [3.8, 4) is 5.75 Å². The molecule has 0 saturated carbocycles. The van der Waals surface area contributed by atoms with Crippen molar-refractivity contribution >= 4 is 28.6 Å². The highest BCUT2D eigenvalue weighted by atomic mass is 28.4. The maximum Gasteiger partial charge on any atom is 0.416 e. The predicted octanol–water partition coefficient (Wildman–Crippen LogP) is 9.49. The van der Waals surface area contributed by atoms with Crippen molar-refractivity contribution in [2.24, 2.45) is 17.8 Å². The molecule has 0 spiro atoms. The molecular formula is C40H65NO7Si2. The Kier molecular flexibility index (Phi) is 14.2. The third-order valence-electron chi connectivity index (χ3n) is 11.3. The molecule has 0 bridgehead atoms. The predicted molar refractivity (Wildman–Crippen MR) is 206 cm³/mol. The summed E-state index contributed by atoms with van der Waals surface area (Å²) in [6.07, 6.45) is -0.820. The topological polar surface area (TPSA) is 83.5 Å². The molecule has 0 N–H and O–H groups in total. The number of rotatable bonds is 16. The highest BCUT2D eigenvalue weighted by molar-refractivity contribution is 6.74. The summed E-state index contributed by atoms with van der Waals surface area (Å²) in [6.45, 7) is 29.7. The SMILES string of the molecule is COc1ccc(COC[C@H](C)[C@H](O[Si](C)(C)C(C)(C)C)[C@@H](C)[C@H](O[Si](C)(C)C(C)(C)C)[C@@H](C)C(=O)N2C(=O)OC[C@H]2Cc2ccccc2)cc1. The van der Waals surface area contributed by atoms with E-state index in [-0.39, 0.29) is 46.6 Å². The number of nitrogens with zero attached hydrogens (tertiary/aromatic N) is 1. The van der Waals surface area contributed by atoms with Crippen molar-refractivity contribution in [1.29, 1.82) is 0 Å². The fourth-order valence-corrected chi connectivity index (χ4v) is 8.87. The third-order valence-corrected chi connectivity index (χ3v) is 20.2. The van der Waals surface area contributed by atoms with Crippen LogP contribution in [-0.4, -0.2) is 72.1 Å². The average molecular weight is 728 g/mol. The van der Waals surface area contributed by atoms with E-state index in [2.05, 4.69) is 81.6 Å². The molecule has 0 unspecified atom stereocenters. The van der Waals surface area contributed by atoms with Crippen LogP contribution in [0.15, 0.2) is 54.6 Å². The Labute approximate surface area is 304 Å². The largest absolute Gasteiger partial charge is 0.497 e. The Balaban J connectivity index is 1.97. The quantitative estimate of drug-likeness (QED) is 0.159. The van der Waals surface area contributed by atoms with Crippen molar-refractivity contribution in [3.63, 3.8) is 0 Å². The molecule has 0 aromatic heterocycles. The number of methoxy groups -OCH3 is 1. The van der Waals surface area contributed by atoms with Crippen LogP contribution in [0.4, 0.5) is 4.79 Å². The minimum atomic E-state index is -2.40. The lowest BCUT2D eigenvalue weighted by atomic mass is 9.83. The van der Waals surface area contributed by atoms with Crippen LogP contribution >= 0.6 is 0 Å². The molecule has 0 aliphatic carbocycles. The van der Waals surface area contributed by atoms with Gasteiger partial charge in [-0.3, -0.25) is 4.79 Å². The second-order valence-corrected chi connectivity index (χ2v) is 26.8. The van der Waals surface area contributed by atoms with Crippen molar-refractivity contribution in [1.82, 2.24) is 4.90 Å². The number of hydrogen-bond donors (Lipinski definition) is 0. The molecule has 6 atom stereocenters. The summed E-state index contributed by atoms with van der Waals surface area (Å²) >= 11 is 0. The molecular weight excluding hydrogens is 663 g/mol. The third kappa shape index (κ3) is 10.5. The standard InChI is InChI=1S/C40H65NO7Si2/c1-28(25-45-26-32-20-22-34(44-10)23-21-32)35(47-49(11,12)39(4,5)6)29(2)36(48-50(13,14)40(7,8)9)30(3)37(42)41-33(27-46-38(41)43)24-31-18-16-15-17-19-31/h15-23,28-30,33,35-36H,24-27H2,1-14H3/t28-,29+,30+,33+,35-,36-/m0/s1. The summed E-state index contributed by atoms with van der Waals surface area (Å²) in [5.74, 6) is -0.279. The number of benzene rings is 2. The lowest BCUT2D eigenvalue weighted by Crippen LogP contribution is -2.56. The number of ether oxygens (including phenoxy) is 3. The first-order valence-electron chi connectivity index (χ1n) is 18.2.